The fraction of sp³-hybridized carbons (Fsp3) is 0.250. The molecule has 1 N–H and O–H groups in total. The van der Waals surface area contributed by atoms with E-state index >= 15 is 0 Å². The van der Waals surface area contributed by atoms with Crippen molar-refractivity contribution in [1.29, 1.82) is 0 Å². The summed E-state index contributed by atoms with van der Waals surface area (Å²) >= 11 is 1.09. The van der Waals surface area contributed by atoms with E-state index in [1.807, 2.05) is 6.92 Å². The highest BCUT2D eigenvalue weighted by molar-refractivity contribution is 8.14. The van der Waals surface area contributed by atoms with E-state index in [9.17, 15) is 14.3 Å². The van der Waals surface area contributed by atoms with Crippen molar-refractivity contribution in [1.82, 2.24) is 0 Å². The van der Waals surface area contributed by atoms with E-state index in [4.69, 9.17) is 0 Å². The minimum Gasteiger partial charge on any atom is -0.384 e. The highest BCUT2D eigenvalue weighted by atomic mass is 32.2. The molecule has 0 bridgehead atoms. The fourth-order valence-electron chi connectivity index (χ4n) is 1.18. The monoisotopic (exact) mass is 240 g/mol. The van der Waals surface area contributed by atoms with Crippen molar-refractivity contribution in [2.45, 2.75) is 13.0 Å². The molecule has 2 nitrogen and oxygen atoms in total. The molecule has 0 fully saturated rings. The third kappa shape index (κ3) is 3.18. The number of hydrogen-bond donors (Lipinski definition) is 1. The van der Waals surface area contributed by atoms with Crippen LogP contribution in [0.1, 0.15) is 18.6 Å². The summed E-state index contributed by atoms with van der Waals surface area (Å²) in [4.78, 5) is 11.5. The van der Waals surface area contributed by atoms with Gasteiger partial charge >= 0.3 is 0 Å². The summed E-state index contributed by atoms with van der Waals surface area (Å²) in [5.74, 6) is 0.254. The van der Waals surface area contributed by atoms with Crippen LogP contribution in [0, 0.1) is 5.82 Å². The molecule has 0 heterocycles. The van der Waals surface area contributed by atoms with Gasteiger partial charge in [-0.05, 0) is 23.4 Å². The molecule has 0 aliphatic heterocycles. The summed E-state index contributed by atoms with van der Waals surface area (Å²) in [6.07, 6.45) is -1.06. The molecule has 1 unspecified atom stereocenters. The Kier molecular flexibility index (Phi) is 4.71. The third-order valence-electron chi connectivity index (χ3n) is 2.05. The largest absolute Gasteiger partial charge is 0.384 e. The van der Waals surface area contributed by atoms with Gasteiger partial charge in [-0.3, -0.25) is 4.79 Å². The molecule has 4 heteroatoms. The zero-order chi connectivity index (χ0) is 12.1. The number of benzene rings is 1. The second kappa shape index (κ2) is 5.82. The molecule has 0 spiro atoms. The van der Waals surface area contributed by atoms with Gasteiger partial charge in [0.15, 0.2) is 0 Å². The molecule has 0 aliphatic rings. The van der Waals surface area contributed by atoms with Crippen LogP contribution in [0.15, 0.2) is 36.4 Å². The fourth-order valence-corrected chi connectivity index (χ4v) is 1.74. The van der Waals surface area contributed by atoms with Gasteiger partial charge in [-0.2, -0.15) is 0 Å². The van der Waals surface area contributed by atoms with Crippen LogP contribution in [-0.2, 0) is 4.79 Å². The van der Waals surface area contributed by atoms with Crippen LogP contribution < -0.4 is 0 Å². The molecule has 86 valence electrons. The van der Waals surface area contributed by atoms with Crippen LogP contribution in [0.5, 0.6) is 0 Å². The zero-order valence-corrected chi connectivity index (χ0v) is 9.76. The molecular weight excluding hydrogens is 227 g/mol. The lowest BCUT2D eigenvalue weighted by Gasteiger charge is -2.12. The average molecular weight is 240 g/mol. The molecule has 0 aliphatic carbocycles. The standard InChI is InChI=1S/C12H13FO2S/c1-3-16-12(15)8(2)11(14)9-4-6-10(13)7-5-9/h4-7,11,14H,2-3H2,1H3. The van der Waals surface area contributed by atoms with Gasteiger partial charge in [-0.25, -0.2) is 4.39 Å². The summed E-state index contributed by atoms with van der Waals surface area (Å²) in [5.41, 5.74) is 0.593. The summed E-state index contributed by atoms with van der Waals surface area (Å²) in [6.45, 7) is 5.41. The number of thioether (sulfide) groups is 1. The molecule has 0 saturated carbocycles. The second-order valence-electron chi connectivity index (χ2n) is 3.20. The molecule has 16 heavy (non-hydrogen) atoms. The normalized spacial score (nSPS) is 12.2. The summed E-state index contributed by atoms with van der Waals surface area (Å²) < 4.78 is 12.7. The number of aliphatic hydroxyl groups excluding tert-OH is 1. The zero-order valence-electron chi connectivity index (χ0n) is 8.94. The number of carbonyl (C=O) groups excluding carboxylic acids is 1. The van der Waals surface area contributed by atoms with Crippen LogP contribution in [0.2, 0.25) is 0 Å². The Hall–Kier alpha value is -1.13. The van der Waals surface area contributed by atoms with Crippen LogP contribution in [0.3, 0.4) is 0 Å². The maximum Gasteiger partial charge on any atom is 0.217 e. The van der Waals surface area contributed by atoms with E-state index in [2.05, 4.69) is 6.58 Å². The van der Waals surface area contributed by atoms with Crippen LogP contribution in [0.25, 0.3) is 0 Å². The molecule has 1 aromatic rings. The quantitative estimate of drug-likeness (QED) is 0.822. The molecule has 0 saturated heterocycles. The molecule has 1 atom stereocenters. The Balaban J connectivity index is 2.77. The molecule has 0 amide bonds. The Morgan fingerprint density at radius 2 is 2.06 bits per heavy atom. The number of carbonyl (C=O) groups is 1. The Morgan fingerprint density at radius 3 is 2.56 bits per heavy atom. The van der Waals surface area contributed by atoms with E-state index in [1.54, 1.807) is 0 Å². The Morgan fingerprint density at radius 1 is 1.50 bits per heavy atom. The SMILES string of the molecule is C=C(C(=O)SCC)C(O)c1ccc(F)cc1. The smallest absolute Gasteiger partial charge is 0.217 e. The minimum atomic E-state index is -1.06. The van der Waals surface area contributed by atoms with Crippen LogP contribution in [-0.4, -0.2) is 16.0 Å². The van der Waals surface area contributed by atoms with Gasteiger partial charge in [-0.1, -0.05) is 37.4 Å². The summed E-state index contributed by atoms with van der Waals surface area (Å²) in [5, 5.41) is 9.58. The van der Waals surface area contributed by atoms with Gasteiger partial charge in [0.1, 0.15) is 11.9 Å². The number of rotatable bonds is 4. The lowest BCUT2D eigenvalue weighted by molar-refractivity contribution is -0.108. The third-order valence-corrected chi connectivity index (χ3v) is 2.87. The summed E-state index contributed by atoms with van der Waals surface area (Å²) in [7, 11) is 0. The maximum absolute atomic E-state index is 12.7. The van der Waals surface area contributed by atoms with Gasteiger partial charge in [0.2, 0.25) is 5.12 Å². The first-order valence-corrected chi connectivity index (χ1v) is 5.84. The molecule has 1 aromatic carbocycles. The first-order chi connectivity index (χ1) is 7.56. The lowest BCUT2D eigenvalue weighted by atomic mass is 10.0. The number of hydrogen-bond acceptors (Lipinski definition) is 3. The average Bonchev–Trinajstić information content (AvgIpc) is 2.28. The summed E-state index contributed by atoms with van der Waals surface area (Å²) in [6, 6.07) is 5.36. The predicted molar refractivity (Wildman–Crippen MR) is 63.6 cm³/mol. The minimum absolute atomic E-state index is 0.124. The Bertz CT molecular complexity index is 387. The van der Waals surface area contributed by atoms with Crippen molar-refractivity contribution in [3.8, 4) is 0 Å². The van der Waals surface area contributed by atoms with Gasteiger partial charge < -0.3 is 5.11 Å². The van der Waals surface area contributed by atoms with Gasteiger partial charge in [-0.15, -0.1) is 0 Å². The Labute approximate surface area is 98.2 Å². The highest BCUT2D eigenvalue weighted by Crippen LogP contribution is 2.24. The van der Waals surface area contributed by atoms with E-state index in [0.29, 0.717) is 11.3 Å². The lowest BCUT2D eigenvalue weighted by Crippen LogP contribution is -2.08. The first-order valence-electron chi connectivity index (χ1n) is 4.85. The van der Waals surface area contributed by atoms with Crippen LogP contribution in [0.4, 0.5) is 4.39 Å². The van der Waals surface area contributed by atoms with Gasteiger partial charge in [0.25, 0.3) is 0 Å². The van der Waals surface area contributed by atoms with Gasteiger partial charge in [0.05, 0.1) is 0 Å². The van der Waals surface area contributed by atoms with Crippen LogP contribution >= 0.6 is 11.8 Å². The number of aliphatic hydroxyl groups is 1. The highest BCUT2D eigenvalue weighted by Gasteiger charge is 2.18. The van der Waals surface area contributed by atoms with E-state index < -0.39 is 6.10 Å². The first kappa shape index (κ1) is 12.9. The van der Waals surface area contributed by atoms with E-state index in [-0.39, 0.29) is 16.5 Å². The van der Waals surface area contributed by atoms with Crippen molar-refractivity contribution in [2.24, 2.45) is 0 Å². The van der Waals surface area contributed by atoms with Crippen molar-refractivity contribution in [3.05, 3.63) is 47.8 Å². The van der Waals surface area contributed by atoms with E-state index in [1.165, 1.54) is 24.3 Å². The van der Waals surface area contributed by atoms with Crippen molar-refractivity contribution < 1.29 is 14.3 Å². The van der Waals surface area contributed by atoms with Crippen molar-refractivity contribution in [2.75, 3.05) is 5.75 Å². The molecule has 0 aromatic heterocycles. The van der Waals surface area contributed by atoms with E-state index in [0.717, 1.165) is 11.8 Å². The molecule has 1 rings (SSSR count). The van der Waals surface area contributed by atoms with Gasteiger partial charge in [0, 0.05) is 5.57 Å². The molecular formula is C12H13FO2S. The van der Waals surface area contributed by atoms with Crippen molar-refractivity contribution >= 4 is 16.9 Å². The topological polar surface area (TPSA) is 37.3 Å². The predicted octanol–water partition coefficient (Wildman–Crippen LogP) is 2.70. The number of halogens is 1. The molecule has 0 radical (unpaired) electrons. The van der Waals surface area contributed by atoms with Crippen molar-refractivity contribution in [3.63, 3.8) is 0 Å². The second-order valence-corrected chi connectivity index (χ2v) is 4.44. The maximum atomic E-state index is 12.7.